The van der Waals surface area contributed by atoms with E-state index in [0.29, 0.717) is 16.2 Å². The second-order valence-electron chi connectivity index (χ2n) is 6.04. The molecule has 0 radical (unpaired) electrons. The van der Waals surface area contributed by atoms with Crippen molar-refractivity contribution in [1.82, 2.24) is 5.32 Å². The number of carbonyl (C=O) groups excluding carboxylic acids is 1. The van der Waals surface area contributed by atoms with Gasteiger partial charge in [0.1, 0.15) is 17.5 Å². The lowest BCUT2D eigenvalue weighted by atomic mass is 9.90. The van der Waals surface area contributed by atoms with Crippen molar-refractivity contribution in [3.8, 4) is 5.75 Å². The number of benzene rings is 1. The van der Waals surface area contributed by atoms with Crippen LogP contribution in [0.3, 0.4) is 0 Å². The molecule has 126 valence electrons. The maximum Gasteiger partial charge on any atom is 0.328 e. The van der Waals surface area contributed by atoms with Gasteiger partial charge in [0.15, 0.2) is 0 Å². The average molecular weight is 348 g/mol. The Bertz CT molecular complexity index is 787. The molecule has 1 aliphatic heterocycles. The van der Waals surface area contributed by atoms with Crippen LogP contribution < -0.4 is 10.1 Å². The zero-order valence-corrected chi connectivity index (χ0v) is 13.9. The Morgan fingerprint density at radius 2 is 2.04 bits per heavy atom. The number of nitrogens with zero attached hydrogens (tertiary/aromatic N) is 1. The van der Waals surface area contributed by atoms with Crippen LogP contribution in [0.4, 0.5) is 5.00 Å². The molecule has 0 aliphatic carbocycles. The molecular formula is C16H16N2O5S. The molecule has 0 spiro atoms. The number of aliphatic hydroxyl groups excluding tert-OH is 1. The molecule has 2 aromatic rings. The number of rotatable bonds is 3. The summed E-state index contributed by atoms with van der Waals surface area (Å²) in [7, 11) is 0. The molecule has 0 saturated heterocycles. The molecule has 1 aromatic carbocycles. The van der Waals surface area contributed by atoms with Gasteiger partial charge in [-0.2, -0.15) is 0 Å². The van der Waals surface area contributed by atoms with E-state index in [4.69, 9.17) is 4.74 Å². The Morgan fingerprint density at radius 3 is 2.67 bits per heavy atom. The van der Waals surface area contributed by atoms with Gasteiger partial charge in [0.05, 0.1) is 21.9 Å². The smallest absolute Gasteiger partial charge is 0.328 e. The van der Waals surface area contributed by atoms with Gasteiger partial charge in [-0.1, -0.05) is 29.5 Å². The molecule has 0 bridgehead atoms. The van der Waals surface area contributed by atoms with Gasteiger partial charge in [-0.25, -0.2) is 0 Å². The number of hydrogen-bond acceptors (Lipinski definition) is 6. The summed E-state index contributed by atoms with van der Waals surface area (Å²) in [5.74, 6) is -0.0419. The Kier molecular flexibility index (Phi) is 4.02. The molecule has 1 aromatic heterocycles. The van der Waals surface area contributed by atoms with E-state index in [-0.39, 0.29) is 10.9 Å². The van der Waals surface area contributed by atoms with Gasteiger partial charge in [0.2, 0.25) is 0 Å². The Morgan fingerprint density at radius 1 is 1.38 bits per heavy atom. The van der Waals surface area contributed by atoms with Crippen LogP contribution in [-0.2, 0) is 0 Å². The lowest BCUT2D eigenvalue weighted by Gasteiger charge is -2.40. The fraction of sp³-hybridized carbons (Fsp3) is 0.312. The zero-order valence-electron chi connectivity index (χ0n) is 13.1. The largest absolute Gasteiger partial charge is 0.484 e. The van der Waals surface area contributed by atoms with Crippen LogP contribution in [0.2, 0.25) is 0 Å². The lowest BCUT2D eigenvalue weighted by Crippen LogP contribution is -2.53. The van der Waals surface area contributed by atoms with Crippen molar-refractivity contribution in [3.05, 3.63) is 57.0 Å². The van der Waals surface area contributed by atoms with Crippen LogP contribution >= 0.6 is 11.3 Å². The van der Waals surface area contributed by atoms with Crippen LogP contribution in [0.15, 0.2) is 36.4 Å². The number of nitro groups is 1. The van der Waals surface area contributed by atoms with E-state index in [1.54, 1.807) is 44.2 Å². The molecule has 0 saturated carbocycles. The molecule has 24 heavy (non-hydrogen) atoms. The average Bonchev–Trinajstić information content (AvgIpc) is 2.95. The third-order valence-electron chi connectivity index (χ3n) is 3.90. The number of aliphatic hydroxyl groups is 1. The highest BCUT2D eigenvalue weighted by Gasteiger charge is 2.46. The summed E-state index contributed by atoms with van der Waals surface area (Å²) >= 11 is 0.894. The second-order valence-corrected chi connectivity index (χ2v) is 7.10. The highest BCUT2D eigenvalue weighted by Crippen LogP contribution is 2.47. The van der Waals surface area contributed by atoms with Crippen molar-refractivity contribution in [2.24, 2.45) is 0 Å². The van der Waals surface area contributed by atoms with Crippen LogP contribution in [0.5, 0.6) is 5.75 Å². The minimum Gasteiger partial charge on any atom is -0.484 e. The molecule has 1 aliphatic rings. The summed E-state index contributed by atoms with van der Waals surface area (Å²) in [5.41, 5.74) is -0.544. The SMILES string of the molecule is CC1(C)Oc2cc([N+](=O)[O-])sc2[C@@H](NC(=O)c2ccccc2)[C@@H]1O. The fourth-order valence-electron chi connectivity index (χ4n) is 2.61. The first kappa shape index (κ1) is 16.4. The third kappa shape index (κ3) is 2.85. The maximum atomic E-state index is 12.4. The molecule has 7 nitrogen and oxygen atoms in total. The van der Waals surface area contributed by atoms with Crippen molar-refractivity contribution >= 4 is 22.2 Å². The number of fused-ring (bicyclic) bond motifs is 1. The summed E-state index contributed by atoms with van der Waals surface area (Å²) in [4.78, 5) is 23.4. The van der Waals surface area contributed by atoms with Gasteiger partial charge in [-0.05, 0) is 26.0 Å². The monoisotopic (exact) mass is 348 g/mol. The first-order valence-corrected chi connectivity index (χ1v) is 8.12. The quantitative estimate of drug-likeness (QED) is 0.656. The predicted molar refractivity (Wildman–Crippen MR) is 88.3 cm³/mol. The van der Waals surface area contributed by atoms with E-state index in [0.717, 1.165) is 11.3 Å². The van der Waals surface area contributed by atoms with E-state index in [1.807, 2.05) is 0 Å². The molecule has 2 heterocycles. The van der Waals surface area contributed by atoms with Crippen LogP contribution in [0, 0.1) is 10.1 Å². The van der Waals surface area contributed by atoms with E-state index in [2.05, 4.69) is 5.32 Å². The molecule has 1 amide bonds. The predicted octanol–water partition coefficient (Wildman–Crippen LogP) is 2.66. The third-order valence-corrected chi connectivity index (χ3v) is 5.05. The Hall–Kier alpha value is -2.45. The van der Waals surface area contributed by atoms with Crippen molar-refractivity contribution in [3.63, 3.8) is 0 Å². The molecule has 0 unspecified atom stereocenters. The first-order chi connectivity index (χ1) is 11.3. The molecule has 2 N–H and O–H groups in total. The van der Waals surface area contributed by atoms with Crippen molar-refractivity contribution in [1.29, 1.82) is 0 Å². The minimum atomic E-state index is -1.05. The number of carbonyl (C=O) groups is 1. The molecule has 0 fully saturated rings. The minimum absolute atomic E-state index is 0.0936. The van der Waals surface area contributed by atoms with Crippen molar-refractivity contribution in [2.75, 3.05) is 0 Å². The van der Waals surface area contributed by atoms with Crippen LogP contribution in [0.25, 0.3) is 0 Å². The molecule has 3 rings (SSSR count). The fourth-order valence-corrected chi connectivity index (χ4v) is 3.59. The Labute approximate surface area is 142 Å². The number of nitrogens with one attached hydrogen (secondary N) is 1. The lowest BCUT2D eigenvalue weighted by molar-refractivity contribution is -0.380. The molecule has 2 atom stereocenters. The van der Waals surface area contributed by atoms with Gasteiger partial charge in [0.25, 0.3) is 5.91 Å². The number of ether oxygens (including phenoxy) is 1. The highest BCUT2D eigenvalue weighted by atomic mass is 32.1. The summed E-state index contributed by atoms with van der Waals surface area (Å²) in [6.45, 7) is 3.34. The van der Waals surface area contributed by atoms with Crippen molar-refractivity contribution in [2.45, 2.75) is 31.6 Å². The number of amides is 1. The van der Waals surface area contributed by atoms with Gasteiger partial charge in [0, 0.05) is 5.56 Å². The van der Waals surface area contributed by atoms with Gasteiger partial charge >= 0.3 is 5.00 Å². The Balaban J connectivity index is 1.96. The maximum absolute atomic E-state index is 12.4. The number of hydrogen-bond donors (Lipinski definition) is 2. The summed E-state index contributed by atoms with van der Waals surface area (Å²) in [5, 5.41) is 24.3. The highest BCUT2D eigenvalue weighted by molar-refractivity contribution is 7.15. The van der Waals surface area contributed by atoms with E-state index in [9.17, 15) is 20.0 Å². The van der Waals surface area contributed by atoms with Gasteiger partial charge in [-0.3, -0.25) is 14.9 Å². The van der Waals surface area contributed by atoms with Gasteiger partial charge in [-0.15, -0.1) is 0 Å². The topological polar surface area (TPSA) is 102 Å². The van der Waals surface area contributed by atoms with E-state index >= 15 is 0 Å². The van der Waals surface area contributed by atoms with Crippen molar-refractivity contribution < 1.29 is 19.6 Å². The van der Waals surface area contributed by atoms with Gasteiger partial charge < -0.3 is 15.2 Å². The normalized spacial score (nSPS) is 21.5. The first-order valence-electron chi connectivity index (χ1n) is 7.30. The van der Waals surface area contributed by atoms with Crippen LogP contribution in [0.1, 0.15) is 35.1 Å². The van der Waals surface area contributed by atoms with E-state index < -0.39 is 22.7 Å². The number of thiophene rings is 1. The summed E-state index contributed by atoms with van der Waals surface area (Å²) in [6.07, 6.45) is -1.05. The summed E-state index contributed by atoms with van der Waals surface area (Å²) in [6, 6.07) is 9.13. The standard InChI is InChI=1S/C16H16N2O5S/c1-16(2)14(19)12(17-15(20)9-6-4-3-5-7-9)13-10(23-16)8-11(24-13)18(21)22/h3-8,12,14,19H,1-2H3,(H,17,20)/t12-,14+/m1/s1. The van der Waals surface area contributed by atoms with E-state index in [1.165, 1.54) is 6.07 Å². The molecular weight excluding hydrogens is 332 g/mol. The molecule has 8 heteroatoms. The zero-order chi connectivity index (χ0) is 17.5. The summed E-state index contributed by atoms with van der Waals surface area (Å²) < 4.78 is 5.68. The second kappa shape index (κ2) is 5.88. The van der Waals surface area contributed by atoms with Crippen LogP contribution in [-0.4, -0.2) is 27.6 Å².